The van der Waals surface area contributed by atoms with Crippen LogP contribution in [0, 0.1) is 5.82 Å². The number of fused-ring (bicyclic) bond motifs is 3. The molecule has 0 spiro atoms. The Labute approximate surface area is 165 Å². The predicted molar refractivity (Wildman–Crippen MR) is 105 cm³/mol. The van der Waals surface area contributed by atoms with E-state index in [1.807, 2.05) is 41.1 Å². The van der Waals surface area contributed by atoms with E-state index in [-0.39, 0.29) is 23.5 Å². The molecule has 7 heteroatoms. The number of benzene rings is 2. The largest absolute Gasteiger partial charge is 0.503 e. The van der Waals surface area contributed by atoms with E-state index in [0.29, 0.717) is 18.1 Å². The lowest BCUT2D eigenvalue weighted by Crippen LogP contribution is -2.32. The van der Waals surface area contributed by atoms with Crippen LogP contribution in [0.25, 0.3) is 11.5 Å². The summed E-state index contributed by atoms with van der Waals surface area (Å²) in [5, 5.41) is 14.9. The van der Waals surface area contributed by atoms with Crippen LogP contribution in [-0.2, 0) is 6.54 Å². The first kappa shape index (κ1) is 17.4. The number of imidazole rings is 1. The molecule has 6 nitrogen and oxygen atoms in total. The average molecular weight is 388 g/mol. The molecule has 1 aliphatic rings. The molecule has 0 radical (unpaired) electrons. The van der Waals surface area contributed by atoms with Gasteiger partial charge in [0.25, 0.3) is 0 Å². The molecule has 2 atom stereocenters. The van der Waals surface area contributed by atoms with E-state index in [4.69, 9.17) is 0 Å². The summed E-state index contributed by atoms with van der Waals surface area (Å²) in [4.78, 5) is 16.4. The van der Waals surface area contributed by atoms with Crippen LogP contribution in [0.2, 0.25) is 0 Å². The van der Waals surface area contributed by atoms with Gasteiger partial charge in [-0.25, -0.2) is 9.37 Å². The van der Waals surface area contributed by atoms with Gasteiger partial charge in [0.2, 0.25) is 5.43 Å². The van der Waals surface area contributed by atoms with Gasteiger partial charge in [0.15, 0.2) is 11.6 Å². The molecule has 4 aromatic rings. The molecule has 3 heterocycles. The van der Waals surface area contributed by atoms with E-state index in [9.17, 15) is 14.3 Å². The monoisotopic (exact) mass is 388 g/mol. The van der Waals surface area contributed by atoms with Crippen LogP contribution in [-0.4, -0.2) is 24.4 Å². The lowest BCUT2D eigenvalue weighted by atomic mass is 9.84. The topological polar surface area (TPSA) is 72.9 Å². The number of hydrogen-bond donors (Lipinski definition) is 1. The van der Waals surface area contributed by atoms with Crippen LogP contribution in [0.1, 0.15) is 23.1 Å². The maximum atomic E-state index is 13.6. The SMILES string of the molecule is O=c1cnn2c(c1O)-c1nccn1C[C@@H]2[C@@H](c1ccccc1)c1ccc(F)cc1. The summed E-state index contributed by atoms with van der Waals surface area (Å²) >= 11 is 0. The van der Waals surface area contributed by atoms with Gasteiger partial charge in [-0.3, -0.25) is 9.48 Å². The minimum absolute atomic E-state index is 0.180. The minimum atomic E-state index is -0.551. The smallest absolute Gasteiger partial charge is 0.242 e. The van der Waals surface area contributed by atoms with Crippen LogP contribution in [0.3, 0.4) is 0 Å². The van der Waals surface area contributed by atoms with Crippen molar-refractivity contribution in [1.82, 2.24) is 19.3 Å². The Balaban J connectivity index is 1.75. The van der Waals surface area contributed by atoms with E-state index in [2.05, 4.69) is 10.1 Å². The summed E-state index contributed by atoms with van der Waals surface area (Å²) in [6, 6.07) is 16.0. The number of aromatic hydroxyl groups is 1. The molecule has 1 aliphatic heterocycles. The summed E-state index contributed by atoms with van der Waals surface area (Å²) in [6.45, 7) is 0.536. The summed E-state index contributed by atoms with van der Waals surface area (Å²) in [6.07, 6.45) is 4.57. The number of aromatic nitrogens is 4. The molecular formula is C22H17FN4O2. The molecule has 144 valence electrons. The Morgan fingerprint density at radius 2 is 1.79 bits per heavy atom. The van der Waals surface area contributed by atoms with Gasteiger partial charge in [-0.2, -0.15) is 5.10 Å². The van der Waals surface area contributed by atoms with Gasteiger partial charge in [0, 0.05) is 24.9 Å². The standard InChI is InChI=1S/C22H17FN4O2/c23-16-8-6-15(7-9-16)19(14-4-2-1-3-5-14)17-13-26-11-10-24-22(26)20-21(29)18(28)12-25-27(17)20/h1-12,17,19,29H,13H2/t17-,19+/m1/s1. The van der Waals surface area contributed by atoms with Gasteiger partial charge in [0.05, 0.1) is 12.2 Å². The van der Waals surface area contributed by atoms with E-state index >= 15 is 0 Å². The van der Waals surface area contributed by atoms with Gasteiger partial charge in [-0.1, -0.05) is 42.5 Å². The second-order valence-electron chi connectivity index (χ2n) is 7.06. The number of hydrogen-bond acceptors (Lipinski definition) is 4. The molecule has 0 fully saturated rings. The Morgan fingerprint density at radius 1 is 1.07 bits per heavy atom. The van der Waals surface area contributed by atoms with Crippen LogP contribution in [0.5, 0.6) is 5.75 Å². The quantitative estimate of drug-likeness (QED) is 0.584. The Morgan fingerprint density at radius 3 is 2.55 bits per heavy atom. The first-order valence-electron chi connectivity index (χ1n) is 9.26. The summed E-state index contributed by atoms with van der Waals surface area (Å²) in [5.74, 6) is -0.362. The molecule has 0 aliphatic carbocycles. The highest BCUT2D eigenvalue weighted by molar-refractivity contribution is 5.60. The number of nitrogens with zero attached hydrogens (tertiary/aromatic N) is 4. The maximum Gasteiger partial charge on any atom is 0.242 e. The van der Waals surface area contributed by atoms with E-state index in [1.165, 1.54) is 12.1 Å². The molecule has 2 aromatic carbocycles. The van der Waals surface area contributed by atoms with Crippen molar-refractivity contribution in [3.8, 4) is 17.3 Å². The highest BCUT2D eigenvalue weighted by Gasteiger charge is 2.35. The van der Waals surface area contributed by atoms with Crippen LogP contribution < -0.4 is 5.43 Å². The molecule has 2 aromatic heterocycles. The van der Waals surface area contributed by atoms with E-state index in [0.717, 1.165) is 17.3 Å². The van der Waals surface area contributed by atoms with Crippen molar-refractivity contribution in [2.75, 3.05) is 0 Å². The predicted octanol–water partition coefficient (Wildman–Crippen LogP) is 3.34. The molecule has 5 rings (SSSR count). The third-order valence-electron chi connectivity index (χ3n) is 5.38. The number of rotatable bonds is 3. The Bertz CT molecular complexity index is 1230. The second-order valence-corrected chi connectivity index (χ2v) is 7.06. The summed E-state index contributed by atoms with van der Waals surface area (Å²) < 4.78 is 17.2. The third kappa shape index (κ3) is 2.82. The zero-order chi connectivity index (χ0) is 20.0. The fourth-order valence-corrected chi connectivity index (χ4v) is 4.08. The van der Waals surface area contributed by atoms with Gasteiger partial charge in [-0.15, -0.1) is 0 Å². The van der Waals surface area contributed by atoms with Crippen LogP contribution in [0.15, 0.2) is 78.0 Å². The lowest BCUT2D eigenvalue weighted by Gasteiger charge is -2.34. The Kier molecular flexibility index (Phi) is 4.01. The Hall–Kier alpha value is -3.74. The van der Waals surface area contributed by atoms with Crippen molar-refractivity contribution in [2.24, 2.45) is 0 Å². The van der Waals surface area contributed by atoms with Gasteiger partial charge >= 0.3 is 0 Å². The third-order valence-corrected chi connectivity index (χ3v) is 5.38. The van der Waals surface area contributed by atoms with Crippen molar-refractivity contribution in [1.29, 1.82) is 0 Å². The van der Waals surface area contributed by atoms with Crippen LogP contribution in [0.4, 0.5) is 4.39 Å². The zero-order valence-electron chi connectivity index (χ0n) is 15.3. The van der Waals surface area contributed by atoms with Crippen molar-refractivity contribution >= 4 is 0 Å². The lowest BCUT2D eigenvalue weighted by molar-refractivity contribution is 0.331. The van der Waals surface area contributed by atoms with E-state index in [1.54, 1.807) is 23.0 Å². The minimum Gasteiger partial charge on any atom is -0.503 e. The fourth-order valence-electron chi connectivity index (χ4n) is 4.08. The first-order chi connectivity index (χ1) is 14.1. The molecule has 0 saturated carbocycles. The van der Waals surface area contributed by atoms with Crippen molar-refractivity contribution in [3.63, 3.8) is 0 Å². The molecule has 0 saturated heterocycles. The summed E-state index contributed by atoms with van der Waals surface area (Å²) in [5.41, 5.74) is 1.68. The molecule has 1 N–H and O–H groups in total. The second kappa shape index (κ2) is 6.70. The molecule has 0 bridgehead atoms. The van der Waals surface area contributed by atoms with Crippen molar-refractivity contribution in [3.05, 3.63) is 100 Å². The normalized spacial score (nSPS) is 16.1. The molecule has 0 unspecified atom stereocenters. The van der Waals surface area contributed by atoms with Crippen molar-refractivity contribution in [2.45, 2.75) is 18.5 Å². The number of halogens is 1. The van der Waals surface area contributed by atoms with Crippen molar-refractivity contribution < 1.29 is 9.50 Å². The van der Waals surface area contributed by atoms with E-state index < -0.39 is 5.43 Å². The fraction of sp³-hybridized carbons (Fsp3) is 0.136. The summed E-state index contributed by atoms with van der Waals surface area (Å²) in [7, 11) is 0. The van der Waals surface area contributed by atoms with Crippen LogP contribution >= 0.6 is 0 Å². The zero-order valence-corrected chi connectivity index (χ0v) is 15.3. The highest BCUT2D eigenvalue weighted by atomic mass is 19.1. The average Bonchev–Trinajstić information content (AvgIpc) is 3.21. The maximum absolute atomic E-state index is 13.6. The molecule has 29 heavy (non-hydrogen) atoms. The highest BCUT2D eigenvalue weighted by Crippen LogP contribution is 2.42. The van der Waals surface area contributed by atoms with Gasteiger partial charge in [-0.05, 0) is 23.3 Å². The first-order valence-corrected chi connectivity index (χ1v) is 9.26. The van der Waals surface area contributed by atoms with Gasteiger partial charge < -0.3 is 9.67 Å². The van der Waals surface area contributed by atoms with Gasteiger partial charge in [0.1, 0.15) is 11.5 Å². The molecule has 0 amide bonds. The molecular weight excluding hydrogens is 371 g/mol.